The van der Waals surface area contributed by atoms with Crippen LogP contribution in [0.4, 0.5) is 4.39 Å². The highest BCUT2D eigenvalue weighted by molar-refractivity contribution is 5.37. The van der Waals surface area contributed by atoms with Crippen LogP contribution in [0.15, 0.2) is 18.2 Å². The molecule has 1 aromatic rings. The number of ether oxygens (including phenoxy) is 1. The highest BCUT2D eigenvalue weighted by Gasteiger charge is 2.36. The Morgan fingerprint density at radius 2 is 2.21 bits per heavy atom. The number of nitrogens with two attached hydrogens (primary N) is 1. The fourth-order valence-electron chi connectivity index (χ4n) is 1.40. The Labute approximate surface area is 80.9 Å². The molecule has 2 rings (SSSR count). The molecule has 0 radical (unpaired) electrons. The van der Waals surface area contributed by atoms with Gasteiger partial charge in [0, 0.05) is 0 Å². The average molecular weight is 192 g/mol. The van der Waals surface area contributed by atoms with Crippen molar-refractivity contribution in [1.82, 2.24) is 0 Å². The fraction of sp³-hybridized carbons (Fsp3) is 0.300. The van der Waals surface area contributed by atoms with E-state index in [9.17, 15) is 4.39 Å². The van der Waals surface area contributed by atoms with Gasteiger partial charge in [0.25, 0.3) is 0 Å². The van der Waals surface area contributed by atoms with Gasteiger partial charge in [0.15, 0.2) is 0 Å². The Morgan fingerprint density at radius 3 is 2.64 bits per heavy atom. The first-order valence-corrected chi connectivity index (χ1v) is 4.22. The van der Waals surface area contributed by atoms with Crippen molar-refractivity contribution in [3.8, 4) is 6.07 Å². The molecule has 4 heteroatoms. The minimum absolute atomic E-state index is 0.0394. The van der Waals surface area contributed by atoms with Gasteiger partial charge in [0.1, 0.15) is 11.9 Å². The molecule has 1 fully saturated rings. The molecule has 0 bridgehead atoms. The van der Waals surface area contributed by atoms with Gasteiger partial charge < -0.3 is 10.5 Å². The lowest BCUT2D eigenvalue weighted by molar-refractivity contribution is -0.0570. The summed E-state index contributed by atoms with van der Waals surface area (Å²) < 4.78 is 18.2. The number of hydrogen-bond acceptors (Lipinski definition) is 3. The van der Waals surface area contributed by atoms with E-state index in [1.165, 1.54) is 12.1 Å². The summed E-state index contributed by atoms with van der Waals surface area (Å²) in [6, 6.07) is 6.18. The van der Waals surface area contributed by atoms with Crippen molar-refractivity contribution in [2.75, 3.05) is 13.2 Å². The predicted octanol–water partition coefficient (Wildman–Crippen LogP) is 0.882. The van der Waals surface area contributed by atoms with E-state index in [0.717, 1.165) is 0 Å². The molecule has 1 aliphatic rings. The first-order chi connectivity index (χ1) is 6.65. The summed E-state index contributed by atoms with van der Waals surface area (Å²) in [4.78, 5) is 0. The van der Waals surface area contributed by atoms with Crippen molar-refractivity contribution in [2.24, 2.45) is 5.73 Å². The highest BCUT2D eigenvalue weighted by Crippen LogP contribution is 2.27. The topological polar surface area (TPSA) is 59.0 Å². The van der Waals surface area contributed by atoms with Crippen LogP contribution < -0.4 is 5.73 Å². The summed E-state index contributed by atoms with van der Waals surface area (Å²) in [6.45, 7) is 0.802. The van der Waals surface area contributed by atoms with E-state index >= 15 is 0 Å². The van der Waals surface area contributed by atoms with Crippen molar-refractivity contribution in [2.45, 2.75) is 5.54 Å². The number of benzene rings is 1. The molecule has 3 nitrogen and oxygen atoms in total. The van der Waals surface area contributed by atoms with Crippen LogP contribution in [0.3, 0.4) is 0 Å². The Bertz CT molecular complexity index is 407. The molecule has 2 N–H and O–H groups in total. The van der Waals surface area contributed by atoms with Gasteiger partial charge in [0.2, 0.25) is 0 Å². The normalized spacial score (nSPS) is 18.4. The van der Waals surface area contributed by atoms with Gasteiger partial charge in [-0.2, -0.15) is 5.26 Å². The molecular weight excluding hydrogens is 183 g/mol. The molecule has 0 unspecified atom stereocenters. The van der Waals surface area contributed by atoms with Crippen LogP contribution in [0.2, 0.25) is 0 Å². The van der Waals surface area contributed by atoms with Crippen LogP contribution in [0.25, 0.3) is 0 Å². The molecule has 0 aliphatic carbocycles. The number of nitriles is 1. The summed E-state index contributed by atoms with van der Waals surface area (Å²) >= 11 is 0. The Kier molecular flexibility index (Phi) is 1.99. The van der Waals surface area contributed by atoms with Crippen LogP contribution in [-0.2, 0) is 10.3 Å². The van der Waals surface area contributed by atoms with Gasteiger partial charge in [-0.3, -0.25) is 0 Å². The van der Waals surface area contributed by atoms with Crippen molar-refractivity contribution in [3.63, 3.8) is 0 Å². The van der Waals surface area contributed by atoms with E-state index in [1.54, 1.807) is 12.1 Å². The molecule has 72 valence electrons. The largest absolute Gasteiger partial charge is 0.377 e. The van der Waals surface area contributed by atoms with E-state index in [0.29, 0.717) is 18.8 Å². The quantitative estimate of drug-likeness (QED) is 0.718. The van der Waals surface area contributed by atoms with Crippen molar-refractivity contribution in [3.05, 3.63) is 35.1 Å². The number of rotatable bonds is 1. The smallest absolute Gasteiger partial charge is 0.141 e. The molecular formula is C10H9FN2O. The van der Waals surface area contributed by atoms with Crippen LogP contribution in [0, 0.1) is 17.1 Å². The Morgan fingerprint density at radius 1 is 1.50 bits per heavy atom. The van der Waals surface area contributed by atoms with Gasteiger partial charge in [-0.05, 0) is 17.7 Å². The molecule has 1 heterocycles. The van der Waals surface area contributed by atoms with Crippen molar-refractivity contribution in [1.29, 1.82) is 5.26 Å². The molecule has 1 saturated heterocycles. The van der Waals surface area contributed by atoms with Crippen molar-refractivity contribution < 1.29 is 9.13 Å². The lowest BCUT2D eigenvalue weighted by atomic mass is 9.89. The average Bonchev–Trinajstić information content (AvgIpc) is 2.14. The zero-order valence-corrected chi connectivity index (χ0v) is 7.46. The third kappa shape index (κ3) is 1.27. The molecule has 1 aliphatic heterocycles. The summed E-state index contributed by atoms with van der Waals surface area (Å²) in [5.74, 6) is -0.526. The van der Waals surface area contributed by atoms with Gasteiger partial charge in [0.05, 0.1) is 24.3 Å². The molecule has 0 atom stereocenters. The minimum Gasteiger partial charge on any atom is -0.377 e. The maximum absolute atomic E-state index is 13.2. The molecule has 0 spiro atoms. The molecule has 0 saturated carbocycles. The van der Waals surface area contributed by atoms with E-state index in [2.05, 4.69) is 0 Å². The second kappa shape index (κ2) is 3.05. The van der Waals surface area contributed by atoms with Crippen LogP contribution in [-0.4, -0.2) is 13.2 Å². The highest BCUT2D eigenvalue weighted by atomic mass is 19.1. The Balaban J connectivity index is 2.38. The monoisotopic (exact) mass is 192 g/mol. The summed E-state index contributed by atoms with van der Waals surface area (Å²) in [7, 11) is 0. The second-order valence-corrected chi connectivity index (χ2v) is 3.46. The number of nitrogens with zero attached hydrogens (tertiary/aromatic N) is 1. The molecule has 14 heavy (non-hydrogen) atoms. The van der Waals surface area contributed by atoms with Gasteiger partial charge >= 0.3 is 0 Å². The summed E-state index contributed by atoms with van der Waals surface area (Å²) in [6.07, 6.45) is 0. The third-order valence-electron chi connectivity index (χ3n) is 2.38. The maximum Gasteiger partial charge on any atom is 0.141 e. The second-order valence-electron chi connectivity index (χ2n) is 3.46. The third-order valence-corrected chi connectivity index (χ3v) is 2.38. The lowest BCUT2D eigenvalue weighted by Crippen LogP contribution is -2.54. The van der Waals surface area contributed by atoms with Gasteiger partial charge in [-0.1, -0.05) is 6.07 Å². The zero-order chi connectivity index (χ0) is 10.2. The molecule has 0 aromatic heterocycles. The predicted molar refractivity (Wildman–Crippen MR) is 47.8 cm³/mol. The fourth-order valence-corrected chi connectivity index (χ4v) is 1.40. The number of halogens is 1. The molecule has 1 aromatic carbocycles. The summed E-state index contributed by atoms with van der Waals surface area (Å²) in [5.41, 5.74) is 6.06. The van der Waals surface area contributed by atoms with E-state index < -0.39 is 11.4 Å². The van der Waals surface area contributed by atoms with Gasteiger partial charge in [-0.15, -0.1) is 0 Å². The van der Waals surface area contributed by atoms with Gasteiger partial charge in [-0.25, -0.2) is 4.39 Å². The zero-order valence-electron chi connectivity index (χ0n) is 7.46. The number of hydrogen-bond donors (Lipinski definition) is 1. The maximum atomic E-state index is 13.2. The Hall–Kier alpha value is -1.44. The van der Waals surface area contributed by atoms with Crippen LogP contribution in [0.1, 0.15) is 11.1 Å². The lowest BCUT2D eigenvalue weighted by Gasteiger charge is -2.38. The minimum atomic E-state index is -0.575. The summed E-state index contributed by atoms with van der Waals surface area (Å²) in [5, 5.41) is 8.54. The first-order valence-electron chi connectivity index (χ1n) is 4.22. The molecule has 0 amide bonds. The first kappa shape index (κ1) is 9.13. The van der Waals surface area contributed by atoms with Crippen LogP contribution in [0.5, 0.6) is 0 Å². The van der Waals surface area contributed by atoms with E-state index in [1.807, 2.05) is 0 Å². The van der Waals surface area contributed by atoms with Crippen LogP contribution >= 0.6 is 0 Å². The standard InChI is InChI=1S/C10H9FN2O/c11-9-3-8(2-1-7(9)4-12)10(13)5-14-6-10/h1-3H,5-6,13H2. The SMILES string of the molecule is N#Cc1ccc(C2(N)COC2)cc1F. The van der Waals surface area contributed by atoms with E-state index in [-0.39, 0.29) is 5.56 Å². The van der Waals surface area contributed by atoms with E-state index in [4.69, 9.17) is 15.7 Å². The van der Waals surface area contributed by atoms with Crippen molar-refractivity contribution >= 4 is 0 Å².